The quantitative estimate of drug-likeness (QED) is 0.551. The molecular weight excluding hydrogens is 264 g/mol. The molecule has 4 nitrogen and oxygen atoms in total. The molecule has 3 rings (SSSR count). The zero-order chi connectivity index (χ0) is 15.0. The lowest BCUT2D eigenvalue weighted by Crippen LogP contribution is -2.46. The minimum atomic E-state index is -0.122. The van der Waals surface area contributed by atoms with Crippen LogP contribution in [0.2, 0.25) is 0 Å². The lowest BCUT2D eigenvalue weighted by Gasteiger charge is -2.45. The summed E-state index contributed by atoms with van der Waals surface area (Å²) in [6, 6.07) is 0. The molecule has 2 saturated carbocycles. The van der Waals surface area contributed by atoms with Crippen molar-refractivity contribution in [2.45, 2.75) is 51.9 Å². The van der Waals surface area contributed by atoms with Crippen LogP contribution < -0.4 is 0 Å². The predicted molar refractivity (Wildman–Crippen MR) is 82.6 cm³/mol. The minimum absolute atomic E-state index is 0.104. The number of hydrogen-bond acceptors (Lipinski definition) is 4. The van der Waals surface area contributed by atoms with Crippen molar-refractivity contribution in [2.24, 2.45) is 28.3 Å². The summed E-state index contributed by atoms with van der Waals surface area (Å²) in [5.74, 6) is 1.48. The van der Waals surface area contributed by atoms with Gasteiger partial charge in [-0.3, -0.25) is 4.79 Å². The van der Waals surface area contributed by atoms with E-state index in [1.54, 1.807) is 0 Å². The highest BCUT2D eigenvalue weighted by Crippen LogP contribution is 2.57. The van der Waals surface area contributed by atoms with Gasteiger partial charge in [0.1, 0.15) is 5.78 Å². The molecule has 118 valence electrons. The Kier molecular flexibility index (Phi) is 4.08. The molecule has 0 aromatic rings. The molecule has 0 unspecified atom stereocenters. The van der Waals surface area contributed by atoms with Crippen molar-refractivity contribution in [2.75, 3.05) is 20.1 Å². The molecule has 0 bridgehead atoms. The van der Waals surface area contributed by atoms with Crippen LogP contribution in [-0.4, -0.2) is 41.7 Å². The van der Waals surface area contributed by atoms with Crippen LogP contribution in [-0.2, 0) is 4.79 Å². The summed E-state index contributed by atoms with van der Waals surface area (Å²) in [5.41, 5.74) is 0.815. The van der Waals surface area contributed by atoms with Gasteiger partial charge in [0.15, 0.2) is 0 Å². The first-order chi connectivity index (χ1) is 10.1. The predicted octanol–water partition coefficient (Wildman–Crippen LogP) is 2.94. The largest absolute Gasteiger partial charge is 0.411 e. The first-order valence-electron chi connectivity index (χ1n) is 8.50. The number of oxime groups is 1. The van der Waals surface area contributed by atoms with Crippen molar-refractivity contribution in [1.29, 1.82) is 0 Å². The number of carbonyl (C=O) groups is 1. The lowest BCUT2D eigenvalue weighted by molar-refractivity contribution is -0.122. The van der Waals surface area contributed by atoms with E-state index in [-0.39, 0.29) is 11.3 Å². The van der Waals surface area contributed by atoms with Crippen molar-refractivity contribution in [1.82, 2.24) is 4.90 Å². The van der Waals surface area contributed by atoms with Crippen molar-refractivity contribution in [3.8, 4) is 0 Å². The van der Waals surface area contributed by atoms with E-state index < -0.39 is 0 Å². The van der Waals surface area contributed by atoms with Gasteiger partial charge in [-0.25, -0.2) is 0 Å². The third-order valence-electron chi connectivity index (χ3n) is 6.24. The summed E-state index contributed by atoms with van der Waals surface area (Å²) < 4.78 is 0. The number of carbonyl (C=O) groups excluding carboxylic acids is 1. The molecule has 1 aliphatic heterocycles. The fourth-order valence-electron chi connectivity index (χ4n) is 5.35. The van der Waals surface area contributed by atoms with E-state index in [1.165, 1.54) is 0 Å². The van der Waals surface area contributed by atoms with Crippen LogP contribution in [0.3, 0.4) is 0 Å². The van der Waals surface area contributed by atoms with Crippen LogP contribution in [0.25, 0.3) is 0 Å². The maximum atomic E-state index is 12.6. The van der Waals surface area contributed by atoms with Crippen LogP contribution >= 0.6 is 0 Å². The Morgan fingerprint density at radius 3 is 2.81 bits per heavy atom. The molecule has 1 heterocycles. The van der Waals surface area contributed by atoms with Crippen molar-refractivity contribution >= 4 is 11.5 Å². The summed E-state index contributed by atoms with van der Waals surface area (Å²) in [6.07, 6.45) is 6.87. The monoisotopic (exact) mass is 292 g/mol. The molecule has 1 spiro atoms. The third-order valence-corrected chi connectivity index (χ3v) is 6.24. The maximum absolute atomic E-state index is 12.6. The average molecular weight is 292 g/mol. The molecule has 3 fully saturated rings. The second-order valence-corrected chi connectivity index (χ2v) is 7.60. The Morgan fingerprint density at radius 2 is 2.05 bits per heavy atom. The number of ketones is 1. The van der Waals surface area contributed by atoms with Gasteiger partial charge in [0.2, 0.25) is 0 Å². The normalized spacial score (nSPS) is 43.8. The fraction of sp³-hybridized carbons (Fsp3) is 0.882. The van der Waals surface area contributed by atoms with E-state index in [9.17, 15) is 10.0 Å². The summed E-state index contributed by atoms with van der Waals surface area (Å²) in [4.78, 5) is 15.0. The molecule has 0 amide bonds. The van der Waals surface area contributed by atoms with Crippen LogP contribution in [0.1, 0.15) is 51.9 Å². The number of nitrogens with zero attached hydrogens (tertiary/aromatic N) is 2. The number of hydrogen-bond donors (Lipinski definition) is 1. The highest BCUT2D eigenvalue weighted by atomic mass is 16.4. The van der Waals surface area contributed by atoms with Crippen LogP contribution in [0, 0.1) is 23.2 Å². The molecular formula is C17H28N2O2. The Balaban J connectivity index is 1.98. The Morgan fingerprint density at radius 1 is 1.29 bits per heavy atom. The van der Waals surface area contributed by atoms with Gasteiger partial charge in [-0.15, -0.1) is 0 Å². The average Bonchev–Trinajstić information content (AvgIpc) is 2.74. The van der Waals surface area contributed by atoms with Gasteiger partial charge in [-0.1, -0.05) is 12.1 Å². The molecule has 4 atom stereocenters. The Bertz CT molecular complexity index is 448. The molecule has 0 radical (unpaired) electrons. The molecule has 21 heavy (non-hydrogen) atoms. The third kappa shape index (κ3) is 2.41. The van der Waals surface area contributed by atoms with Gasteiger partial charge in [-0.2, -0.15) is 0 Å². The molecule has 1 N–H and O–H groups in total. The standard InChI is InChI=1S/C17H28N2O2/c1-12-9-13-11-15(20)14-5-3-7-19(2)8-4-6-17(13,14)16(10-12)18-21/h12-14,21H,3-11H2,1-2H3/b18-16+/t12-,13+,14+,17+/m1/s1. The summed E-state index contributed by atoms with van der Waals surface area (Å²) in [6.45, 7) is 4.38. The first kappa shape index (κ1) is 15.0. The van der Waals surface area contributed by atoms with Gasteiger partial charge in [0, 0.05) is 17.8 Å². The molecule has 0 aromatic carbocycles. The lowest BCUT2D eigenvalue weighted by atomic mass is 9.58. The van der Waals surface area contributed by atoms with E-state index in [0.29, 0.717) is 24.0 Å². The zero-order valence-electron chi connectivity index (χ0n) is 13.3. The molecule has 3 aliphatic rings. The Labute approximate surface area is 127 Å². The van der Waals surface area contributed by atoms with Crippen LogP contribution in [0.15, 0.2) is 5.16 Å². The van der Waals surface area contributed by atoms with Crippen LogP contribution in [0.4, 0.5) is 0 Å². The van der Waals surface area contributed by atoms with E-state index in [1.807, 2.05) is 0 Å². The first-order valence-corrected chi connectivity index (χ1v) is 8.50. The van der Waals surface area contributed by atoms with E-state index in [2.05, 4.69) is 24.0 Å². The number of Topliss-reactive ketones (excluding diaryl/α,β-unsaturated/α-hetero) is 1. The Hall–Kier alpha value is -0.900. The summed E-state index contributed by atoms with van der Waals surface area (Å²) in [7, 11) is 2.17. The van der Waals surface area contributed by atoms with E-state index >= 15 is 0 Å². The minimum Gasteiger partial charge on any atom is -0.411 e. The smallest absolute Gasteiger partial charge is 0.137 e. The topological polar surface area (TPSA) is 52.9 Å². The van der Waals surface area contributed by atoms with Gasteiger partial charge >= 0.3 is 0 Å². The highest BCUT2D eigenvalue weighted by molar-refractivity contribution is 6.00. The molecule has 1 saturated heterocycles. The molecule has 4 heteroatoms. The number of rotatable bonds is 0. The van der Waals surface area contributed by atoms with E-state index in [0.717, 1.165) is 57.3 Å². The maximum Gasteiger partial charge on any atom is 0.137 e. The van der Waals surface area contributed by atoms with Gasteiger partial charge in [0.05, 0.1) is 5.71 Å². The highest BCUT2D eigenvalue weighted by Gasteiger charge is 2.59. The van der Waals surface area contributed by atoms with Gasteiger partial charge in [0.25, 0.3) is 0 Å². The van der Waals surface area contributed by atoms with Gasteiger partial charge in [-0.05, 0) is 70.5 Å². The van der Waals surface area contributed by atoms with Crippen molar-refractivity contribution in [3.05, 3.63) is 0 Å². The van der Waals surface area contributed by atoms with E-state index in [4.69, 9.17) is 0 Å². The SMILES string of the molecule is C[C@H]1C/C(=N\O)[C@]23CCCN(C)CCC[C@H]2C(=O)C[C@@H]3C1. The zero-order valence-corrected chi connectivity index (χ0v) is 13.3. The van der Waals surface area contributed by atoms with Crippen molar-refractivity contribution < 1.29 is 10.0 Å². The second kappa shape index (κ2) is 5.71. The van der Waals surface area contributed by atoms with Gasteiger partial charge < -0.3 is 10.1 Å². The van der Waals surface area contributed by atoms with Crippen LogP contribution in [0.5, 0.6) is 0 Å². The second-order valence-electron chi connectivity index (χ2n) is 7.60. The summed E-state index contributed by atoms with van der Waals surface area (Å²) >= 11 is 0. The molecule has 2 aliphatic carbocycles. The summed E-state index contributed by atoms with van der Waals surface area (Å²) in [5, 5.41) is 13.3. The fourth-order valence-corrected chi connectivity index (χ4v) is 5.35. The van der Waals surface area contributed by atoms with Crippen molar-refractivity contribution in [3.63, 3.8) is 0 Å². The molecule has 0 aromatic heterocycles.